The molecule has 10 heteroatoms. The van der Waals surface area contributed by atoms with Gasteiger partial charge in [-0.2, -0.15) is 5.26 Å². The largest absolute Gasteiger partial charge is 0.510 e. The number of fused-ring (bicyclic) bond motifs is 1. The molecular weight excluding hydrogens is 410 g/mol. The average molecular weight is 422 g/mol. The summed E-state index contributed by atoms with van der Waals surface area (Å²) >= 11 is 10.1. The normalized spacial score (nSPS) is 14.9. The summed E-state index contributed by atoms with van der Waals surface area (Å²) in [4.78, 5) is 4.41. The van der Waals surface area contributed by atoms with E-state index in [4.69, 9.17) is 11.6 Å². The summed E-state index contributed by atoms with van der Waals surface area (Å²) < 4.78 is 1.66. The molecule has 0 unspecified atom stereocenters. The Morgan fingerprint density at radius 2 is 2.23 bits per heavy atom. The summed E-state index contributed by atoms with van der Waals surface area (Å²) in [5, 5.41) is 33.2. The number of thioether (sulfide) groups is 1. The number of rotatable bonds is 6. The third-order valence-electron chi connectivity index (χ3n) is 3.61. The minimum atomic E-state index is -0.0189. The smallest absolute Gasteiger partial charge is 0.206 e. The van der Waals surface area contributed by atoms with Gasteiger partial charge in [0.1, 0.15) is 22.4 Å². The van der Waals surface area contributed by atoms with Crippen LogP contribution >= 0.6 is 46.0 Å². The van der Waals surface area contributed by atoms with Crippen LogP contribution < -0.4 is 5.32 Å². The Bertz CT molecular complexity index is 1030. The van der Waals surface area contributed by atoms with Crippen molar-refractivity contribution in [3.05, 3.63) is 34.0 Å². The number of hydrogen-bond donors (Lipinski definition) is 2. The lowest BCUT2D eigenvalue weighted by Gasteiger charge is -2.00. The van der Waals surface area contributed by atoms with Crippen LogP contribution in [0.5, 0.6) is 0 Å². The van der Waals surface area contributed by atoms with E-state index in [0.29, 0.717) is 21.6 Å². The van der Waals surface area contributed by atoms with E-state index in [1.807, 2.05) is 6.07 Å². The first-order valence-electron chi connectivity index (χ1n) is 7.74. The van der Waals surface area contributed by atoms with Crippen LogP contribution in [0.15, 0.2) is 28.3 Å². The van der Waals surface area contributed by atoms with Gasteiger partial charge in [-0.1, -0.05) is 34.7 Å². The zero-order valence-corrected chi connectivity index (χ0v) is 16.5. The number of thiazole rings is 1. The van der Waals surface area contributed by atoms with Gasteiger partial charge < -0.3 is 10.4 Å². The van der Waals surface area contributed by atoms with E-state index in [2.05, 4.69) is 26.6 Å². The predicted molar refractivity (Wildman–Crippen MR) is 107 cm³/mol. The summed E-state index contributed by atoms with van der Waals surface area (Å²) in [5.41, 5.74) is 0.890. The lowest BCUT2D eigenvalue weighted by atomic mass is 10.2. The van der Waals surface area contributed by atoms with Gasteiger partial charge in [-0.25, -0.2) is 4.98 Å². The van der Waals surface area contributed by atoms with Crippen LogP contribution in [0.2, 0.25) is 5.02 Å². The van der Waals surface area contributed by atoms with E-state index in [1.54, 1.807) is 12.1 Å². The van der Waals surface area contributed by atoms with Crippen LogP contribution in [-0.4, -0.2) is 32.1 Å². The van der Waals surface area contributed by atoms with Crippen molar-refractivity contribution in [2.24, 2.45) is 0 Å². The fourth-order valence-corrected chi connectivity index (χ4v) is 5.01. The van der Waals surface area contributed by atoms with E-state index < -0.39 is 0 Å². The molecule has 132 valence electrons. The molecule has 26 heavy (non-hydrogen) atoms. The van der Waals surface area contributed by atoms with Gasteiger partial charge in [-0.3, -0.25) is 0 Å². The van der Waals surface area contributed by atoms with Crippen LogP contribution in [0.4, 0.5) is 5.13 Å². The molecule has 0 spiro atoms. The summed E-state index contributed by atoms with van der Waals surface area (Å²) in [7, 11) is 0. The Balaban J connectivity index is 1.50. The van der Waals surface area contributed by atoms with Crippen LogP contribution in [0.1, 0.15) is 17.8 Å². The topological polar surface area (TPSA) is 94.7 Å². The van der Waals surface area contributed by atoms with Crippen LogP contribution in [0.3, 0.4) is 0 Å². The van der Waals surface area contributed by atoms with Crippen molar-refractivity contribution in [1.82, 2.24) is 15.2 Å². The summed E-state index contributed by atoms with van der Waals surface area (Å²) in [6.07, 6.45) is 2.34. The van der Waals surface area contributed by atoms with Gasteiger partial charge in [-0.15, -0.1) is 21.5 Å². The Labute approximate surface area is 166 Å². The Morgan fingerprint density at radius 1 is 1.38 bits per heavy atom. The van der Waals surface area contributed by atoms with Crippen molar-refractivity contribution in [2.75, 3.05) is 11.1 Å². The van der Waals surface area contributed by atoms with Crippen molar-refractivity contribution in [3.63, 3.8) is 0 Å². The number of nitrogens with one attached hydrogen (secondary N) is 1. The van der Waals surface area contributed by atoms with Gasteiger partial charge >= 0.3 is 0 Å². The monoisotopic (exact) mass is 421 g/mol. The molecule has 3 aromatic rings. The fraction of sp³-hybridized carbons (Fsp3) is 0.250. The minimum Gasteiger partial charge on any atom is -0.510 e. The third kappa shape index (κ3) is 3.94. The molecule has 1 saturated carbocycles. The van der Waals surface area contributed by atoms with Crippen LogP contribution in [-0.2, 0) is 0 Å². The van der Waals surface area contributed by atoms with Crippen LogP contribution in [0.25, 0.3) is 15.8 Å². The van der Waals surface area contributed by atoms with E-state index in [9.17, 15) is 10.4 Å². The molecule has 1 fully saturated rings. The number of aromatic nitrogens is 3. The summed E-state index contributed by atoms with van der Waals surface area (Å²) in [6, 6.07) is 7.95. The van der Waals surface area contributed by atoms with E-state index in [-0.39, 0.29) is 17.1 Å². The van der Waals surface area contributed by atoms with Crippen LogP contribution in [0, 0.1) is 11.3 Å². The second kappa shape index (κ2) is 7.40. The Kier molecular flexibility index (Phi) is 5.00. The first kappa shape index (κ1) is 17.5. The van der Waals surface area contributed by atoms with E-state index >= 15 is 0 Å². The number of benzene rings is 1. The molecule has 0 aliphatic heterocycles. The Morgan fingerprint density at radius 3 is 3.00 bits per heavy atom. The zero-order valence-electron chi connectivity index (χ0n) is 13.3. The van der Waals surface area contributed by atoms with Crippen molar-refractivity contribution in [2.45, 2.75) is 23.2 Å². The molecule has 2 heterocycles. The highest BCUT2D eigenvalue weighted by atomic mass is 35.5. The number of hydrogen-bond acceptors (Lipinski definition) is 9. The van der Waals surface area contributed by atoms with Gasteiger partial charge in [-0.05, 0) is 31.0 Å². The minimum absolute atomic E-state index is 0.0189. The quantitative estimate of drug-likeness (QED) is 0.330. The Hall–Kier alpha value is -1.86. The first-order valence-corrected chi connectivity index (χ1v) is 10.7. The maximum absolute atomic E-state index is 10.4. The molecule has 0 atom stereocenters. The molecule has 0 radical (unpaired) electrons. The van der Waals surface area contributed by atoms with E-state index in [1.165, 1.54) is 47.3 Å². The molecular formula is C16H12ClN5OS3. The predicted octanol–water partition coefficient (Wildman–Crippen LogP) is 4.96. The average Bonchev–Trinajstić information content (AvgIpc) is 3.16. The standard InChI is InChI=1S/C16H12ClN5OS3/c17-8-1-4-13-11(5-8)20-14(25-13)10(6-18)12(23)7-24-16-22-21-15(26-16)19-9-2-3-9/h1,4-5,9,23H,2-3,7H2,(H,19,21). The van der Waals surface area contributed by atoms with Gasteiger partial charge in [0.15, 0.2) is 4.34 Å². The zero-order chi connectivity index (χ0) is 18.1. The first-order chi connectivity index (χ1) is 12.6. The van der Waals surface area contributed by atoms with Gasteiger partial charge in [0.05, 0.1) is 16.0 Å². The molecule has 0 bridgehead atoms. The number of nitrogens with zero attached hydrogens (tertiary/aromatic N) is 4. The van der Waals surface area contributed by atoms with Crippen molar-refractivity contribution >= 4 is 67.0 Å². The lowest BCUT2D eigenvalue weighted by Crippen LogP contribution is -1.99. The number of nitriles is 1. The van der Waals surface area contributed by atoms with E-state index in [0.717, 1.165) is 14.2 Å². The van der Waals surface area contributed by atoms with Gasteiger partial charge in [0.25, 0.3) is 0 Å². The van der Waals surface area contributed by atoms with Crippen molar-refractivity contribution in [3.8, 4) is 6.07 Å². The maximum Gasteiger partial charge on any atom is 0.206 e. The maximum atomic E-state index is 10.4. The fourth-order valence-electron chi connectivity index (χ4n) is 2.17. The van der Waals surface area contributed by atoms with Gasteiger partial charge in [0.2, 0.25) is 5.13 Å². The van der Waals surface area contributed by atoms with Gasteiger partial charge in [0, 0.05) is 11.1 Å². The summed E-state index contributed by atoms with van der Waals surface area (Å²) in [6.45, 7) is 0. The van der Waals surface area contributed by atoms with Crippen molar-refractivity contribution < 1.29 is 5.11 Å². The molecule has 0 amide bonds. The molecule has 1 aliphatic carbocycles. The molecule has 1 aromatic carbocycles. The number of halogens is 1. The second-order valence-electron chi connectivity index (χ2n) is 5.64. The molecule has 6 nitrogen and oxygen atoms in total. The summed E-state index contributed by atoms with van der Waals surface area (Å²) in [5.74, 6) is 0.215. The molecule has 4 rings (SSSR count). The molecule has 2 aromatic heterocycles. The highest BCUT2D eigenvalue weighted by Crippen LogP contribution is 2.33. The third-order valence-corrected chi connectivity index (χ3v) is 6.90. The molecule has 1 aliphatic rings. The lowest BCUT2D eigenvalue weighted by molar-refractivity contribution is 0.421. The van der Waals surface area contributed by atoms with Crippen molar-refractivity contribution in [1.29, 1.82) is 5.26 Å². The molecule has 0 saturated heterocycles. The highest BCUT2D eigenvalue weighted by molar-refractivity contribution is 8.01. The number of aliphatic hydroxyl groups is 1. The number of anilines is 1. The number of aliphatic hydroxyl groups excluding tert-OH is 1. The SMILES string of the molecule is N#CC(=C(O)CSc1nnc(NC2CC2)s1)c1nc2cc(Cl)ccc2s1. The molecule has 2 N–H and O–H groups in total. The second-order valence-corrected chi connectivity index (χ2v) is 9.31. The highest BCUT2D eigenvalue weighted by Gasteiger charge is 2.22. The number of allylic oxidation sites excluding steroid dienone is 1.